The van der Waals surface area contributed by atoms with Gasteiger partial charge in [-0.25, -0.2) is 0 Å². The highest BCUT2D eigenvalue weighted by Crippen LogP contribution is 2.30. The Morgan fingerprint density at radius 2 is 1.17 bits per heavy atom. The van der Waals surface area contributed by atoms with Gasteiger partial charge in [0.15, 0.2) is 12.2 Å². The van der Waals surface area contributed by atoms with Crippen molar-refractivity contribution in [1.29, 1.82) is 0 Å². The molecule has 0 N–H and O–H groups in total. The van der Waals surface area contributed by atoms with E-state index in [1.54, 1.807) is 0 Å². The molecule has 9 nitrogen and oxygen atoms in total. The number of esters is 4. The molecule has 10 heteroatoms. The van der Waals surface area contributed by atoms with Gasteiger partial charge in [0.25, 0.3) is 0 Å². The van der Waals surface area contributed by atoms with Gasteiger partial charge in [-0.3, -0.25) is 19.2 Å². The van der Waals surface area contributed by atoms with Crippen LogP contribution in [0.15, 0.2) is 0 Å². The van der Waals surface area contributed by atoms with Crippen LogP contribution < -0.4 is 0 Å². The van der Waals surface area contributed by atoms with Gasteiger partial charge >= 0.3 is 23.9 Å². The van der Waals surface area contributed by atoms with Crippen molar-refractivity contribution >= 4 is 46.5 Å². The van der Waals surface area contributed by atoms with E-state index in [0.717, 1.165) is 20.8 Å². The Balaban J connectivity index is 3.23. The van der Waals surface area contributed by atoms with Gasteiger partial charge in [-0.2, -0.15) is 0 Å². The highest BCUT2D eigenvalue weighted by Gasteiger charge is 2.52. The van der Waals surface area contributed by atoms with E-state index < -0.39 is 54.6 Å². The molecule has 0 aromatic heterocycles. The Hall–Kier alpha value is -1.43. The number of carbonyl (C=O) groups is 4. The summed E-state index contributed by atoms with van der Waals surface area (Å²) in [5, 5.41) is 0. The van der Waals surface area contributed by atoms with Crippen LogP contribution in [0.4, 0.5) is 0 Å². The van der Waals surface area contributed by atoms with E-state index in [1.807, 2.05) is 22.6 Å². The molecule has 1 fully saturated rings. The summed E-state index contributed by atoms with van der Waals surface area (Å²) in [5.41, 5.74) is 0. The molecule has 0 bridgehead atoms. The molecule has 5 atom stereocenters. The van der Waals surface area contributed by atoms with E-state index in [4.69, 9.17) is 23.7 Å². The van der Waals surface area contributed by atoms with Crippen molar-refractivity contribution in [3.05, 3.63) is 0 Å². The van der Waals surface area contributed by atoms with Crippen molar-refractivity contribution in [3.8, 4) is 0 Å². The fourth-order valence-electron chi connectivity index (χ4n) is 2.24. The Kier molecular flexibility index (Phi) is 7.87. The zero-order chi connectivity index (χ0) is 18.4. The van der Waals surface area contributed by atoms with Crippen molar-refractivity contribution in [1.82, 2.24) is 0 Å². The van der Waals surface area contributed by atoms with Crippen LogP contribution >= 0.6 is 22.6 Å². The maximum atomic E-state index is 11.4. The second-order valence-corrected chi connectivity index (χ2v) is 5.91. The second-order valence-electron chi connectivity index (χ2n) is 5.03. The number of halogens is 1. The summed E-state index contributed by atoms with van der Waals surface area (Å²) in [6.07, 6.45) is -5.47. The van der Waals surface area contributed by atoms with E-state index in [1.165, 1.54) is 6.92 Å². The predicted octanol–water partition coefficient (Wildman–Crippen LogP) is 0.504. The number of hydrogen-bond donors (Lipinski definition) is 0. The summed E-state index contributed by atoms with van der Waals surface area (Å²) >= 11 is 1.98. The molecule has 1 heterocycles. The molecule has 0 spiro atoms. The molecule has 0 radical (unpaired) electrons. The third-order valence-electron chi connectivity index (χ3n) is 2.93. The first-order valence-corrected chi connectivity index (χ1v) is 8.58. The molecule has 1 rings (SSSR count). The molecule has 0 amide bonds. The van der Waals surface area contributed by atoms with Crippen LogP contribution in [0, 0.1) is 0 Å². The molecule has 0 aliphatic carbocycles. The molecule has 136 valence electrons. The fraction of sp³-hybridized carbons (Fsp3) is 0.714. The molecule has 24 heavy (non-hydrogen) atoms. The van der Waals surface area contributed by atoms with Crippen LogP contribution in [0.3, 0.4) is 0 Å². The standard InChI is InChI=1S/C14H19IO9/c1-6(16)20-11-10(5-15)24-14(23-9(4)19)13(22-8(3)18)12(11)21-7(2)17/h10-14H,5H2,1-4H3/t10-,11+,12+,13+,14-/m0/s1. The SMILES string of the molecule is CC(=O)O[C@H]1O[C@@H](CI)[C@@H](OC(C)=O)[C@@H](OC(C)=O)[C@H]1OC(C)=O. The smallest absolute Gasteiger partial charge is 0.305 e. The van der Waals surface area contributed by atoms with Gasteiger partial charge in [-0.15, -0.1) is 0 Å². The Bertz CT molecular complexity index is 506. The van der Waals surface area contributed by atoms with E-state index in [9.17, 15) is 19.2 Å². The summed E-state index contributed by atoms with van der Waals surface area (Å²) in [7, 11) is 0. The Labute approximate surface area is 152 Å². The van der Waals surface area contributed by atoms with Crippen molar-refractivity contribution in [2.45, 2.75) is 58.4 Å². The lowest BCUT2D eigenvalue weighted by atomic mass is 9.99. The highest BCUT2D eigenvalue weighted by atomic mass is 127. The van der Waals surface area contributed by atoms with E-state index in [-0.39, 0.29) is 0 Å². The zero-order valence-electron chi connectivity index (χ0n) is 13.6. The van der Waals surface area contributed by atoms with Crippen LogP contribution in [0.5, 0.6) is 0 Å². The summed E-state index contributed by atoms with van der Waals surface area (Å²) in [6, 6.07) is 0. The second kappa shape index (κ2) is 9.16. The lowest BCUT2D eigenvalue weighted by molar-refractivity contribution is -0.291. The zero-order valence-corrected chi connectivity index (χ0v) is 15.8. The van der Waals surface area contributed by atoms with Crippen molar-refractivity contribution < 1.29 is 42.9 Å². The third-order valence-corrected chi connectivity index (χ3v) is 3.80. The van der Waals surface area contributed by atoms with Gasteiger partial charge in [0, 0.05) is 32.1 Å². The molecule has 1 aliphatic heterocycles. The minimum atomic E-state index is -1.29. The van der Waals surface area contributed by atoms with Gasteiger partial charge in [0.1, 0.15) is 6.10 Å². The van der Waals surface area contributed by atoms with Crippen LogP contribution in [-0.2, 0) is 42.9 Å². The summed E-state index contributed by atoms with van der Waals surface area (Å²) in [5.74, 6) is -2.67. The fourth-order valence-corrected chi connectivity index (χ4v) is 2.95. The molecule has 1 saturated heterocycles. The van der Waals surface area contributed by atoms with Crippen molar-refractivity contribution in [2.24, 2.45) is 0 Å². The number of ether oxygens (including phenoxy) is 5. The summed E-state index contributed by atoms with van der Waals surface area (Å²) in [6.45, 7) is 4.65. The molecular formula is C14H19IO9. The van der Waals surface area contributed by atoms with Gasteiger partial charge in [0.2, 0.25) is 12.4 Å². The quantitative estimate of drug-likeness (QED) is 0.252. The van der Waals surface area contributed by atoms with Crippen molar-refractivity contribution in [2.75, 3.05) is 4.43 Å². The molecule has 1 aliphatic rings. The van der Waals surface area contributed by atoms with E-state index >= 15 is 0 Å². The van der Waals surface area contributed by atoms with Gasteiger partial charge in [0.05, 0.1) is 0 Å². The summed E-state index contributed by atoms with van der Waals surface area (Å²) in [4.78, 5) is 45.5. The maximum absolute atomic E-state index is 11.4. The first kappa shape index (κ1) is 20.6. The molecule has 0 aromatic carbocycles. The summed E-state index contributed by atoms with van der Waals surface area (Å²) < 4.78 is 26.5. The lowest BCUT2D eigenvalue weighted by Crippen LogP contribution is -2.62. The van der Waals surface area contributed by atoms with Gasteiger partial charge in [-0.1, -0.05) is 22.6 Å². The highest BCUT2D eigenvalue weighted by molar-refractivity contribution is 14.1. The minimum Gasteiger partial charge on any atom is -0.456 e. The van der Waals surface area contributed by atoms with Crippen LogP contribution in [0.25, 0.3) is 0 Å². The van der Waals surface area contributed by atoms with E-state index in [2.05, 4.69) is 0 Å². The van der Waals surface area contributed by atoms with Gasteiger partial charge < -0.3 is 23.7 Å². The van der Waals surface area contributed by atoms with Crippen LogP contribution in [0.1, 0.15) is 27.7 Å². The molecule has 0 unspecified atom stereocenters. The predicted molar refractivity (Wildman–Crippen MR) is 86.0 cm³/mol. The lowest BCUT2D eigenvalue weighted by Gasteiger charge is -2.43. The topological polar surface area (TPSA) is 114 Å². The third kappa shape index (κ3) is 5.89. The first-order chi connectivity index (χ1) is 11.1. The monoisotopic (exact) mass is 458 g/mol. The van der Waals surface area contributed by atoms with Crippen molar-refractivity contribution in [3.63, 3.8) is 0 Å². The molecule has 0 aromatic rings. The Morgan fingerprint density at radius 1 is 0.750 bits per heavy atom. The normalized spacial score (nSPS) is 29.3. The number of carbonyl (C=O) groups excluding carboxylic acids is 4. The van der Waals surface area contributed by atoms with Crippen LogP contribution in [-0.4, -0.2) is 59.0 Å². The Morgan fingerprint density at radius 3 is 1.58 bits per heavy atom. The minimum absolute atomic E-state index is 0.345. The number of alkyl halides is 1. The van der Waals surface area contributed by atoms with E-state index in [0.29, 0.717) is 4.43 Å². The number of hydrogen-bond acceptors (Lipinski definition) is 9. The van der Waals surface area contributed by atoms with Crippen LogP contribution in [0.2, 0.25) is 0 Å². The average molecular weight is 458 g/mol. The first-order valence-electron chi connectivity index (χ1n) is 7.06. The largest absolute Gasteiger partial charge is 0.456 e. The van der Waals surface area contributed by atoms with Gasteiger partial charge in [-0.05, 0) is 0 Å². The molecular weight excluding hydrogens is 439 g/mol. The average Bonchev–Trinajstić information content (AvgIpc) is 2.42. The maximum Gasteiger partial charge on any atom is 0.305 e. The molecule has 0 saturated carbocycles. The number of rotatable bonds is 5.